The minimum Gasteiger partial charge on any atom is -0.480 e. The summed E-state index contributed by atoms with van der Waals surface area (Å²) in [5.41, 5.74) is -0.868. The highest BCUT2D eigenvalue weighted by Gasteiger charge is 2.32. The van der Waals surface area contributed by atoms with Crippen LogP contribution in [0.25, 0.3) is 0 Å². The molecule has 0 spiro atoms. The van der Waals surface area contributed by atoms with Crippen molar-refractivity contribution in [2.45, 2.75) is 25.6 Å². The standard InChI is InChI=1S/C16H19F3N2O3/c1-2-13(15(23)24)20-6-8-21(9-7-20)14(22)11-4-3-5-12(10-11)16(17,18)19/h3-5,10,13H,2,6-9H2,1H3,(H,23,24). The van der Waals surface area contributed by atoms with Crippen LogP contribution in [0, 0.1) is 0 Å². The molecule has 0 aromatic heterocycles. The maximum atomic E-state index is 12.7. The van der Waals surface area contributed by atoms with Gasteiger partial charge in [0.05, 0.1) is 5.56 Å². The third kappa shape index (κ3) is 4.05. The summed E-state index contributed by atoms with van der Waals surface area (Å²) in [7, 11) is 0. The highest BCUT2D eigenvalue weighted by molar-refractivity contribution is 5.94. The maximum absolute atomic E-state index is 12.7. The third-order valence-corrected chi connectivity index (χ3v) is 4.15. The van der Waals surface area contributed by atoms with E-state index in [0.29, 0.717) is 32.6 Å². The number of aliphatic carboxylic acids is 1. The van der Waals surface area contributed by atoms with E-state index in [1.54, 1.807) is 11.8 Å². The van der Waals surface area contributed by atoms with Crippen LogP contribution >= 0.6 is 0 Å². The summed E-state index contributed by atoms with van der Waals surface area (Å²) in [4.78, 5) is 26.8. The Kier molecular flexibility index (Phi) is 5.48. The van der Waals surface area contributed by atoms with E-state index >= 15 is 0 Å². The van der Waals surface area contributed by atoms with Gasteiger partial charge in [0.1, 0.15) is 6.04 Å². The van der Waals surface area contributed by atoms with Crippen molar-refractivity contribution in [3.05, 3.63) is 35.4 Å². The summed E-state index contributed by atoms with van der Waals surface area (Å²) in [6, 6.07) is 3.74. The summed E-state index contributed by atoms with van der Waals surface area (Å²) >= 11 is 0. The molecule has 8 heteroatoms. The van der Waals surface area contributed by atoms with E-state index < -0.39 is 29.7 Å². The van der Waals surface area contributed by atoms with Crippen molar-refractivity contribution in [3.8, 4) is 0 Å². The molecule has 1 heterocycles. The molecule has 1 aliphatic rings. The van der Waals surface area contributed by atoms with Crippen LogP contribution in [0.15, 0.2) is 24.3 Å². The van der Waals surface area contributed by atoms with Gasteiger partial charge in [0.2, 0.25) is 0 Å². The number of halogens is 3. The molecule has 1 aromatic carbocycles. The lowest BCUT2D eigenvalue weighted by Crippen LogP contribution is -2.53. The molecule has 1 aromatic rings. The Hall–Kier alpha value is -2.09. The average molecular weight is 344 g/mol. The minimum atomic E-state index is -4.50. The van der Waals surface area contributed by atoms with E-state index in [0.717, 1.165) is 12.1 Å². The zero-order chi connectivity index (χ0) is 17.9. The number of hydrogen-bond donors (Lipinski definition) is 1. The van der Waals surface area contributed by atoms with Crippen LogP contribution in [-0.4, -0.2) is 59.0 Å². The monoisotopic (exact) mass is 344 g/mol. The van der Waals surface area contributed by atoms with E-state index in [1.165, 1.54) is 17.0 Å². The number of hydrogen-bond acceptors (Lipinski definition) is 3. The molecule has 1 amide bonds. The third-order valence-electron chi connectivity index (χ3n) is 4.15. The fourth-order valence-corrected chi connectivity index (χ4v) is 2.84. The predicted octanol–water partition coefficient (Wildman–Crippen LogP) is 2.33. The smallest absolute Gasteiger partial charge is 0.416 e. The van der Waals surface area contributed by atoms with Gasteiger partial charge in [0.25, 0.3) is 5.91 Å². The Bertz CT molecular complexity index is 611. The molecule has 1 N–H and O–H groups in total. The average Bonchev–Trinajstić information content (AvgIpc) is 2.54. The molecule has 24 heavy (non-hydrogen) atoms. The van der Waals surface area contributed by atoms with Crippen molar-refractivity contribution in [1.82, 2.24) is 9.80 Å². The number of benzene rings is 1. The molecule has 1 fully saturated rings. The highest BCUT2D eigenvalue weighted by Crippen LogP contribution is 2.29. The van der Waals surface area contributed by atoms with Gasteiger partial charge >= 0.3 is 12.1 Å². The van der Waals surface area contributed by atoms with Crippen LogP contribution in [0.5, 0.6) is 0 Å². The number of rotatable bonds is 4. The number of alkyl halides is 3. The van der Waals surface area contributed by atoms with Gasteiger partial charge in [-0.2, -0.15) is 13.2 Å². The van der Waals surface area contributed by atoms with Gasteiger partial charge < -0.3 is 10.0 Å². The van der Waals surface area contributed by atoms with Crippen molar-refractivity contribution in [3.63, 3.8) is 0 Å². The topological polar surface area (TPSA) is 60.9 Å². The summed E-state index contributed by atoms with van der Waals surface area (Å²) in [5, 5.41) is 9.16. The lowest BCUT2D eigenvalue weighted by atomic mass is 10.1. The van der Waals surface area contributed by atoms with Crippen molar-refractivity contribution in [2.75, 3.05) is 26.2 Å². The molecule has 0 saturated carbocycles. The second-order valence-corrected chi connectivity index (χ2v) is 5.67. The zero-order valence-corrected chi connectivity index (χ0v) is 13.2. The maximum Gasteiger partial charge on any atom is 0.416 e. The highest BCUT2D eigenvalue weighted by atomic mass is 19.4. The first-order chi connectivity index (χ1) is 11.2. The Balaban J connectivity index is 2.04. The van der Waals surface area contributed by atoms with E-state index in [-0.39, 0.29) is 5.56 Å². The molecular weight excluding hydrogens is 325 g/mol. The van der Waals surface area contributed by atoms with E-state index in [9.17, 15) is 22.8 Å². The van der Waals surface area contributed by atoms with Crippen LogP contribution in [0.2, 0.25) is 0 Å². The normalized spacial score (nSPS) is 17.6. The quantitative estimate of drug-likeness (QED) is 0.911. The van der Waals surface area contributed by atoms with E-state index in [1.807, 2.05) is 0 Å². The van der Waals surface area contributed by atoms with Gasteiger partial charge in [-0.05, 0) is 24.6 Å². The van der Waals surface area contributed by atoms with Crippen molar-refractivity contribution < 1.29 is 27.9 Å². The molecule has 1 unspecified atom stereocenters. The molecule has 5 nitrogen and oxygen atoms in total. The lowest BCUT2D eigenvalue weighted by Gasteiger charge is -2.37. The second-order valence-electron chi connectivity index (χ2n) is 5.67. The van der Waals surface area contributed by atoms with Gasteiger partial charge in [-0.1, -0.05) is 13.0 Å². The largest absolute Gasteiger partial charge is 0.480 e. The van der Waals surface area contributed by atoms with Crippen LogP contribution < -0.4 is 0 Å². The van der Waals surface area contributed by atoms with Crippen molar-refractivity contribution >= 4 is 11.9 Å². The summed E-state index contributed by atoms with van der Waals surface area (Å²) in [5.74, 6) is -1.38. The van der Waals surface area contributed by atoms with Gasteiger partial charge in [0, 0.05) is 31.7 Å². The van der Waals surface area contributed by atoms with Gasteiger partial charge in [-0.15, -0.1) is 0 Å². The number of nitrogens with zero attached hydrogens (tertiary/aromatic N) is 2. The van der Waals surface area contributed by atoms with Gasteiger partial charge in [-0.3, -0.25) is 14.5 Å². The second kappa shape index (κ2) is 7.21. The Morgan fingerprint density at radius 3 is 2.33 bits per heavy atom. The molecule has 2 rings (SSSR count). The van der Waals surface area contributed by atoms with E-state index in [4.69, 9.17) is 5.11 Å². The molecule has 0 bridgehead atoms. The van der Waals surface area contributed by atoms with Crippen LogP contribution in [0.1, 0.15) is 29.3 Å². The van der Waals surface area contributed by atoms with Gasteiger partial charge in [-0.25, -0.2) is 0 Å². The molecular formula is C16H19F3N2O3. The Labute approximate surface area is 137 Å². The Morgan fingerprint density at radius 2 is 1.83 bits per heavy atom. The van der Waals surface area contributed by atoms with Crippen LogP contribution in [-0.2, 0) is 11.0 Å². The first-order valence-corrected chi connectivity index (χ1v) is 7.67. The number of carboxylic acids is 1. The Morgan fingerprint density at radius 1 is 1.21 bits per heavy atom. The molecule has 132 valence electrons. The number of piperazine rings is 1. The number of carboxylic acid groups (broad SMARTS) is 1. The number of carbonyl (C=O) groups excluding carboxylic acids is 1. The SMILES string of the molecule is CCC(C(=O)O)N1CCN(C(=O)c2cccc(C(F)(F)F)c2)CC1. The van der Waals surface area contributed by atoms with Crippen LogP contribution in [0.3, 0.4) is 0 Å². The van der Waals surface area contributed by atoms with E-state index in [2.05, 4.69) is 0 Å². The molecule has 1 atom stereocenters. The lowest BCUT2D eigenvalue weighted by molar-refractivity contribution is -0.144. The fraction of sp³-hybridized carbons (Fsp3) is 0.500. The first-order valence-electron chi connectivity index (χ1n) is 7.67. The van der Waals surface area contributed by atoms with Crippen molar-refractivity contribution in [1.29, 1.82) is 0 Å². The molecule has 1 aliphatic heterocycles. The fourth-order valence-electron chi connectivity index (χ4n) is 2.84. The van der Waals surface area contributed by atoms with Gasteiger partial charge in [0.15, 0.2) is 0 Å². The first kappa shape index (κ1) is 18.3. The van der Waals surface area contributed by atoms with Crippen LogP contribution in [0.4, 0.5) is 13.2 Å². The molecule has 0 aliphatic carbocycles. The van der Waals surface area contributed by atoms with Crippen molar-refractivity contribution in [2.24, 2.45) is 0 Å². The summed E-state index contributed by atoms with van der Waals surface area (Å²) in [6.07, 6.45) is -4.04. The molecule has 1 saturated heterocycles. The molecule has 0 radical (unpaired) electrons. The zero-order valence-electron chi connectivity index (χ0n) is 13.2. The predicted molar refractivity (Wildman–Crippen MR) is 80.6 cm³/mol. The number of carbonyl (C=O) groups is 2. The summed E-state index contributed by atoms with van der Waals surface area (Å²) in [6.45, 7) is 3.13. The summed E-state index contributed by atoms with van der Waals surface area (Å²) < 4.78 is 38.2. The number of amides is 1. The minimum absolute atomic E-state index is 0.0106.